The Labute approximate surface area is 168 Å². The van der Waals surface area contributed by atoms with E-state index in [1.807, 2.05) is 43.3 Å². The largest absolute Gasteiger partial charge is 0.506 e. The van der Waals surface area contributed by atoms with Gasteiger partial charge in [-0.1, -0.05) is 24.3 Å². The number of benzene rings is 3. The molecule has 0 spiro atoms. The molecule has 6 nitrogen and oxygen atoms in total. The number of nitriles is 1. The van der Waals surface area contributed by atoms with Gasteiger partial charge in [-0.25, -0.2) is 0 Å². The van der Waals surface area contributed by atoms with Gasteiger partial charge in [0.2, 0.25) is 0 Å². The zero-order valence-electron chi connectivity index (χ0n) is 15.7. The highest BCUT2D eigenvalue weighted by Gasteiger charge is 2.10. The molecule has 0 heterocycles. The fourth-order valence-electron chi connectivity index (χ4n) is 2.49. The molecule has 0 aliphatic rings. The number of phenolic OH excluding ortho intramolecular Hbond substituents is 1. The number of aromatic hydroxyl groups is 1. The minimum atomic E-state index is -0.566. The van der Waals surface area contributed by atoms with Crippen molar-refractivity contribution >= 4 is 17.3 Å². The van der Waals surface area contributed by atoms with E-state index in [9.17, 15) is 15.2 Å². The van der Waals surface area contributed by atoms with Crippen molar-refractivity contribution in [2.75, 3.05) is 10.6 Å². The van der Waals surface area contributed by atoms with Crippen LogP contribution in [-0.4, -0.2) is 11.0 Å². The number of phenols is 1. The van der Waals surface area contributed by atoms with Crippen molar-refractivity contribution < 1.29 is 14.6 Å². The van der Waals surface area contributed by atoms with Gasteiger partial charge >= 0.3 is 0 Å². The van der Waals surface area contributed by atoms with Gasteiger partial charge in [0.1, 0.15) is 28.9 Å². The van der Waals surface area contributed by atoms with Crippen LogP contribution in [0.3, 0.4) is 0 Å². The van der Waals surface area contributed by atoms with Crippen molar-refractivity contribution in [3.63, 3.8) is 0 Å². The number of hydrogen-bond donors (Lipinski definition) is 3. The molecule has 0 aliphatic carbocycles. The summed E-state index contributed by atoms with van der Waals surface area (Å²) in [5, 5.41) is 24.6. The summed E-state index contributed by atoms with van der Waals surface area (Å²) in [4.78, 5) is 12.4. The third kappa shape index (κ3) is 5.37. The van der Waals surface area contributed by atoms with Crippen LogP contribution in [-0.2, 0) is 4.79 Å². The number of anilines is 2. The molecule has 0 aromatic heterocycles. The summed E-state index contributed by atoms with van der Waals surface area (Å²) in [5.74, 6) is 0.800. The lowest BCUT2D eigenvalue weighted by atomic mass is 10.2. The summed E-state index contributed by atoms with van der Waals surface area (Å²) in [7, 11) is 0. The van der Waals surface area contributed by atoms with E-state index in [0.717, 1.165) is 5.56 Å². The topological polar surface area (TPSA) is 94.4 Å². The second-order valence-electron chi connectivity index (χ2n) is 6.23. The molecule has 3 aromatic carbocycles. The molecule has 0 fully saturated rings. The molecule has 0 unspecified atom stereocenters. The highest BCUT2D eigenvalue weighted by molar-refractivity contribution is 6.06. The molecule has 0 atom stereocenters. The number of aryl methyl sites for hydroxylation is 1. The number of para-hydroxylation sites is 1. The summed E-state index contributed by atoms with van der Waals surface area (Å²) >= 11 is 0. The smallest absolute Gasteiger partial charge is 0.267 e. The first-order chi connectivity index (χ1) is 14.0. The van der Waals surface area contributed by atoms with Crippen LogP contribution in [0.1, 0.15) is 5.56 Å². The molecular weight excluding hydrogens is 366 g/mol. The van der Waals surface area contributed by atoms with Crippen molar-refractivity contribution in [1.29, 1.82) is 5.26 Å². The number of amides is 1. The van der Waals surface area contributed by atoms with Crippen molar-refractivity contribution in [3.8, 4) is 23.3 Å². The van der Waals surface area contributed by atoms with Gasteiger partial charge in [-0.15, -0.1) is 0 Å². The molecule has 3 rings (SSSR count). The van der Waals surface area contributed by atoms with E-state index in [1.165, 1.54) is 12.3 Å². The molecule has 0 saturated heterocycles. The zero-order valence-corrected chi connectivity index (χ0v) is 15.7. The normalized spacial score (nSPS) is 10.7. The Bertz CT molecular complexity index is 1070. The summed E-state index contributed by atoms with van der Waals surface area (Å²) in [5.41, 5.74) is 1.73. The fourth-order valence-corrected chi connectivity index (χ4v) is 2.49. The first kappa shape index (κ1) is 19.5. The summed E-state index contributed by atoms with van der Waals surface area (Å²) < 4.78 is 5.71. The SMILES string of the molecule is Cc1ccc(O)c(N/C=C(/C#N)C(=O)Nc2ccc(Oc3ccccc3)cc2)c1. The average Bonchev–Trinajstić information content (AvgIpc) is 2.73. The molecule has 1 amide bonds. The van der Waals surface area contributed by atoms with Crippen LogP contribution >= 0.6 is 0 Å². The maximum atomic E-state index is 12.4. The van der Waals surface area contributed by atoms with Gasteiger partial charge in [0.05, 0.1) is 5.69 Å². The van der Waals surface area contributed by atoms with Crippen LogP contribution in [0, 0.1) is 18.3 Å². The second kappa shape index (κ2) is 9.11. The van der Waals surface area contributed by atoms with Gasteiger partial charge in [0, 0.05) is 11.9 Å². The number of hydrogen-bond acceptors (Lipinski definition) is 5. The van der Waals surface area contributed by atoms with Crippen LogP contribution in [0.25, 0.3) is 0 Å². The van der Waals surface area contributed by atoms with Crippen molar-refractivity contribution in [2.45, 2.75) is 6.92 Å². The summed E-state index contributed by atoms with van der Waals surface area (Å²) in [6, 6.07) is 23.0. The Morgan fingerprint density at radius 2 is 1.72 bits per heavy atom. The Hall–Kier alpha value is -4.24. The van der Waals surface area contributed by atoms with Gasteiger partial charge in [-0.05, 0) is 61.0 Å². The van der Waals surface area contributed by atoms with Gasteiger partial charge in [0.25, 0.3) is 5.91 Å². The highest BCUT2D eigenvalue weighted by atomic mass is 16.5. The number of nitrogens with one attached hydrogen (secondary N) is 2. The molecule has 6 heteroatoms. The molecule has 29 heavy (non-hydrogen) atoms. The highest BCUT2D eigenvalue weighted by Crippen LogP contribution is 2.25. The van der Waals surface area contributed by atoms with Gasteiger partial charge in [-0.2, -0.15) is 5.26 Å². The molecule has 0 aliphatic heterocycles. The molecule has 0 radical (unpaired) electrons. The van der Waals surface area contributed by atoms with E-state index in [2.05, 4.69) is 10.6 Å². The van der Waals surface area contributed by atoms with Gasteiger partial charge in [-0.3, -0.25) is 4.79 Å². The first-order valence-corrected chi connectivity index (χ1v) is 8.86. The fraction of sp³-hybridized carbons (Fsp3) is 0.0435. The van der Waals surface area contributed by atoms with Crippen LogP contribution in [0.2, 0.25) is 0 Å². The number of ether oxygens (including phenoxy) is 1. The van der Waals surface area contributed by atoms with E-state index >= 15 is 0 Å². The lowest BCUT2D eigenvalue weighted by Gasteiger charge is -2.08. The molecular formula is C23H19N3O3. The molecule has 0 saturated carbocycles. The maximum Gasteiger partial charge on any atom is 0.267 e. The van der Waals surface area contributed by atoms with Crippen molar-refractivity contribution in [3.05, 3.63) is 90.1 Å². The number of rotatable bonds is 6. The lowest BCUT2D eigenvalue weighted by molar-refractivity contribution is -0.112. The van der Waals surface area contributed by atoms with E-state index in [4.69, 9.17) is 4.74 Å². The number of nitrogens with zero attached hydrogens (tertiary/aromatic N) is 1. The predicted molar refractivity (Wildman–Crippen MR) is 112 cm³/mol. The third-order valence-electron chi connectivity index (χ3n) is 3.98. The third-order valence-corrected chi connectivity index (χ3v) is 3.98. The number of carbonyl (C=O) groups is 1. The second-order valence-corrected chi connectivity index (χ2v) is 6.23. The summed E-state index contributed by atoms with van der Waals surface area (Å²) in [6.07, 6.45) is 1.26. The summed E-state index contributed by atoms with van der Waals surface area (Å²) in [6.45, 7) is 1.87. The monoisotopic (exact) mass is 385 g/mol. The van der Waals surface area contributed by atoms with Crippen LogP contribution in [0.5, 0.6) is 17.2 Å². The lowest BCUT2D eigenvalue weighted by Crippen LogP contribution is -2.14. The Balaban J connectivity index is 1.64. The maximum absolute atomic E-state index is 12.4. The van der Waals surface area contributed by atoms with Crippen LogP contribution in [0.4, 0.5) is 11.4 Å². The standard InChI is InChI=1S/C23H19N3O3/c1-16-7-12-22(27)21(13-16)25-15-17(14-24)23(28)26-18-8-10-20(11-9-18)29-19-5-3-2-4-6-19/h2-13,15,25,27H,1H3,(H,26,28)/b17-15-. The van der Waals surface area contributed by atoms with E-state index in [-0.39, 0.29) is 11.3 Å². The molecule has 3 N–H and O–H groups in total. The average molecular weight is 385 g/mol. The van der Waals surface area contributed by atoms with Crippen LogP contribution < -0.4 is 15.4 Å². The van der Waals surface area contributed by atoms with E-state index < -0.39 is 5.91 Å². The Kier molecular flexibility index (Phi) is 6.13. The van der Waals surface area contributed by atoms with E-state index in [1.54, 1.807) is 36.4 Å². The Morgan fingerprint density at radius 3 is 2.41 bits per heavy atom. The van der Waals surface area contributed by atoms with Crippen LogP contribution in [0.15, 0.2) is 84.6 Å². The van der Waals surface area contributed by atoms with Gasteiger partial charge < -0.3 is 20.5 Å². The predicted octanol–water partition coefficient (Wildman–Crippen LogP) is 4.95. The molecule has 144 valence electrons. The Morgan fingerprint density at radius 1 is 1.03 bits per heavy atom. The van der Waals surface area contributed by atoms with E-state index in [0.29, 0.717) is 22.9 Å². The molecule has 0 bridgehead atoms. The first-order valence-electron chi connectivity index (χ1n) is 8.86. The van der Waals surface area contributed by atoms with Gasteiger partial charge in [0.15, 0.2) is 0 Å². The minimum absolute atomic E-state index is 0.0264. The number of carbonyl (C=O) groups excluding carboxylic acids is 1. The van der Waals surface area contributed by atoms with Crippen molar-refractivity contribution in [2.24, 2.45) is 0 Å². The zero-order chi connectivity index (χ0) is 20.6. The molecule has 3 aromatic rings. The van der Waals surface area contributed by atoms with Crippen molar-refractivity contribution in [1.82, 2.24) is 0 Å². The minimum Gasteiger partial charge on any atom is -0.506 e. The quantitative estimate of drug-likeness (QED) is 0.317.